The molecule has 0 saturated heterocycles. The van der Waals surface area contributed by atoms with Crippen LogP contribution in [-0.4, -0.2) is 38.3 Å². The van der Waals surface area contributed by atoms with Gasteiger partial charge in [-0.25, -0.2) is 8.42 Å². The molecule has 108 valence electrons. The van der Waals surface area contributed by atoms with Crippen LogP contribution in [0.2, 0.25) is 0 Å². The van der Waals surface area contributed by atoms with Crippen LogP contribution in [0.3, 0.4) is 0 Å². The van der Waals surface area contributed by atoms with Gasteiger partial charge >= 0.3 is 0 Å². The van der Waals surface area contributed by atoms with E-state index in [-0.39, 0.29) is 10.9 Å². The second-order valence-electron chi connectivity index (χ2n) is 4.29. The Balaban J connectivity index is 2.90. The predicted molar refractivity (Wildman–Crippen MR) is 77.4 cm³/mol. The third-order valence-electron chi connectivity index (χ3n) is 3.06. The first-order valence-corrected chi connectivity index (χ1v) is 8.17. The molecule has 1 aromatic rings. The van der Waals surface area contributed by atoms with Gasteiger partial charge < -0.3 is 4.74 Å². The smallest absolute Gasteiger partial charge is 0.243 e. The Hall–Kier alpha value is -0.780. The number of nitrogens with zero attached hydrogens (tertiary/aromatic N) is 1. The summed E-state index contributed by atoms with van der Waals surface area (Å²) in [5.74, 6) is 1.02. The highest BCUT2D eigenvalue weighted by molar-refractivity contribution is 7.89. The first-order valence-electron chi connectivity index (χ1n) is 6.20. The number of hydrogen-bond donors (Lipinski definition) is 0. The zero-order valence-corrected chi connectivity index (χ0v) is 13.0. The largest absolute Gasteiger partial charge is 0.492 e. The van der Waals surface area contributed by atoms with E-state index in [0.717, 1.165) is 6.42 Å². The summed E-state index contributed by atoms with van der Waals surface area (Å²) in [5.41, 5.74) is 0. The monoisotopic (exact) mass is 305 g/mol. The van der Waals surface area contributed by atoms with Gasteiger partial charge in [0.1, 0.15) is 12.4 Å². The topological polar surface area (TPSA) is 46.6 Å². The molecular weight excluding hydrogens is 286 g/mol. The van der Waals surface area contributed by atoms with Gasteiger partial charge in [0.25, 0.3) is 0 Å². The zero-order chi connectivity index (χ0) is 14.5. The van der Waals surface area contributed by atoms with E-state index in [0.29, 0.717) is 18.2 Å². The molecular formula is C13H20ClNO3S. The number of rotatable bonds is 7. The van der Waals surface area contributed by atoms with Gasteiger partial charge in [-0.2, -0.15) is 4.31 Å². The minimum absolute atomic E-state index is 0.0304. The van der Waals surface area contributed by atoms with E-state index < -0.39 is 10.0 Å². The lowest BCUT2D eigenvalue weighted by Gasteiger charge is -2.23. The Bertz CT molecular complexity index is 487. The summed E-state index contributed by atoms with van der Waals surface area (Å²) < 4.78 is 31.3. The van der Waals surface area contributed by atoms with Gasteiger partial charge in [0.15, 0.2) is 0 Å². The van der Waals surface area contributed by atoms with Crippen LogP contribution in [0.4, 0.5) is 0 Å². The maximum absolute atomic E-state index is 12.3. The van der Waals surface area contributed by atoms with Crippen LogP contribution < -0.4 is 4.74 Å². The fourth-order valence-corrected chi connectivity index (χ4v) is 3.04. The van der Waals surface area contributed by atoms with E-state index in [4.69, 9.17) is 16.3 Å². The van der Waals surface area contributed by atoms with Crippen molar-refractivity contribution in [2.24, 2.45) is 0 Å². The van der Waals surface area contributed by atoms with Crippen LogP contribution in [0, 0.1) is 0 Å². The quantitative estimate of drug-likeness (QED) is 0.728. The highest BCUT2D eigenvalue weighted by Crippen LogP contribution is 2.20. The molecule has 0 N–H and O–H groups in total. The molecule has 0 amide bonds. The number of hydrogen-bond acceptors (Lipinski definition) is 3. The van der Waals surface area contributed by atoms with Crippen molar-refractivity contribution in [2.75, 3.05) is 19.5 Å². The summed E-state index contributed by atoms with van der Waals surface area (Å²) in [5, 5.41) is 0. The van der Waals surface area contributed by atoms with E-state index in [1.54, 1.807) is 31.3 Å². The van der Waals surface area contributed by atoms with Gasteiger partial charge in [-0.05, 0) is 37.6 Å². The molecule has 0 spiro atoms. The van der Waals surface area contributed by atoms with E-state index in [1.807, 2.05) is 13.8 Å². The van der Waals surface area contributed by atoms with Crippen LogP contribution in [0.15, 0.2) is 29.2 Å². The van der Waals surface area contributed by atoms with Crippen molar-refractivity contribution in [1.82, 2.24) is 4.31 Å². The van der Waals surface area contributed by atoms with Crippen molar-refractivity contribution >= 4 is 21.6 Å². The second-order valence-corrected chi connectivity index (χ2v) is 6.66. The molecule has 1 unspecified atom stereocenters. The highest BCUT2D eigenvalue weighted by Gasteiger charge is 2.24. The van der Waals surface area contributed by atoms with Gasteiger partial charge in [-0.1, -0.05) is 6.92 Å². The van der Waals surface area contributed by atoms with Crippen molar-refractivity contribution in [3.63, 3.8) is 0 Å². The molecule has 4 nitrogen and oxygen atoms in total. The summed E-state index contributed by atoms with van der Waals surface area (Å²) >= 11 is 5.52. The highest BCUT2D eigenvalue weighted by atomic mass is 35.5. The minimum atomic E-state index is -3.44. The molecule has 1 aromatic carbocycles. The summed E-state index contributed by atoms with van der Waals surface area (Å²) in [6.45, 7) is 4.25. The van der Waals surface area contributed by atoms with Gasteiger partial charge in [0.05, 0.1) is 10.8 Å². The SMILES string of the molecule is CCC(C)N(C)S(=O)(=O)c1ccc(OCCCl)cc1. The first kappa shape index (κ1) is 16.3. The van der Waals surface area contributed by atoms with Crippen LogP contribution >= 0.6 is 11.6 Å². The Labute approximate surface area is 120 Å². The maximum atomic E-state index is 12.3. The third kappa shape index (κ3) is 4.09. The molecule has 1 atom stereocenters. The standard InChI is InChI=1S/C13H20ClNO3S/c1-4-11(2)15(3)19(16,17)13-7-5-12(6-8-13)18-10-9-14/h5-8,11H,4,9-10H2,1-3H3. The molecule has 0 aliphatic heterocycles. The van der Waals surface area contributed by atoms with Crippen molar-refractivity contribution < 1.29 is 13.2 Å². The molecule has 0 fully saturated rings. The molecule has 0 aliphatic rings. The molecule has 0 saturated carbocycles. The first-order chi connectivity index (χ1) is 8.93. The molecule has 6 heteroatoms. The molecule has 0 heterocycles. The fourth-order valence-electron chi connectivity index (χ4n) is 1.52. The minimum Gasteiger partial charge on any atom is -0.492 e. The van der Waals surface area contributed by atoms with Crippen LogP contribution in [0.1, 0.15) is 20.3 Å². The lowest BCUT2D eigenvalue weighted by molar-refractivity contribution is 0.342. The normalized spacial score (nSPS) is 13.5. The molecule has 0 bridgehead atoms. The van der Waals surface area contributed by atoms with E-state index >= 15 is 0 Å². The van der Waals surface area contributed by atoms with Gasteiger partial charge in [0.2, 0.25) is 10.0 Å². The van der Waals surface area contributed by atoms with Crippen molar-refractivity contribution in [3.8, 4) is 5.75 Å². The number of ether oxygens (including phenoxy) is 1. The van der Waals surface area contributed by atoms with Crippen LogP contribution in [-0.2, 0) is 10.0 Å². The van der Waals surface area contributed by atoms with Gasteiger partial charge in [-0.3, -0.25) is 0 Å². The summed E-state index contributed by atoms with van der Waals surface area (Å²) in [6.07, 6.45) is 0.770. The molecule has 19 heavy (non-hydrogen) atoms. The van der Waals surface area contributed by atoms with Crippen molar-refractivity contribution in [2.45, 2.75) is 31.2 Å². The van der Waals surface area contributed by atoms with Crippen molar-refractivity contribution in [1.29, 1.82) is 0 Å². The predicted octanol–water partition coefficient (Wildman–Crippen LogP) is 2.72. The summed E-state index contributed by atoms with van der Waals surface area (Å²) in [7, 11) is -1.84. The van der Waals surface area contributed by atoms with Gasteiger partial charge in [0, 0.05) is 13.1 Å². The molecule has 1 rings (SSSR count). The van der Waals surface area contributed by atoms with E-state index in [9.17, 15) is 8.42 Å². The Morgan fingerprint density at radius 3 is 2.37 bits per heavy atom. The van der Waals surface area contributed by atoms with Crippen molar-refractivity contribution in [3.05, 3.63) is 24.3 Å². The Kier molecular flexibility index (Phi) is 6.10. The summed E-state index contributed by atoms with van der Waals surface area (Å²) in [6, 6.07) is 6.36. The molecule has 0 radical (unpaired) electrons. The second kappa shape index (κ2) is 7.12. The lowest BCUT2D eigenvalue weighted by Crippen LogP contribution is -2.34. The number of alkyl halides is 1. The molecule has 0 aromatic heterocycles. The number of benzene rings is 1. The number of sulfonamides is 1. The fraction of sp³-hybridized carbons (Fsp3) is 0.538. The van der Waals surface area contributed by atoms with E-state index in [2.05, 4.69) is 0 Å². The average molecular weight is 306 g/mol. The summed E-state index contributed by atoms with van der Waals surface area (Å²) in [4.78, 5) is 0.272. The van der Waals surface area contributed by atoms with Gasteiger partial charge in [-0.15, -0.1) is 11.6 Å². The average Bonchev–Trinajstić information content (AvgIpc) is 2.43. The van der Waals surface area contributed by atoms with Crippen LogP contribution in [0.5, 0.6) is 5.75 Å². The maximum Gasteiger partial charge on any atom is 0.243 e. The zero-order valence-electron chi connectivity index (χ0n) is 11.5. The Morgan fingerprint density at radius 2 is 1.89 bits per heavy atom. The lowest BCUT2D eigenvalue weighted by atomic mass is 10.3. The van der Waals surface area contributed by atoms with Crippen LogP contribution in [0.25, 0.3) is 0 Å². The third-order valence-corrected chi connectivity index (χ3v) is 5.20. The Morgan fingerprint density at radius 1 is 1.32 bits per heavy atom. The van der Waals surface area contributed by atoms with E-state index in [1.165, 1.54) is 4.31 Å². The molecule has 0 aliphatic carbocycles. The number of halogens is 1.